The van der Waals surface area contributed by atoms with Crippen LogP contribution in [0.25, 0.3) is 0 Å². The molecule has 5 rings (SSSR count). The Labute approximate surface area is 198 Å². The van der Waals surface area contributed by atoms with Crippen LogP contribution >= 0.6 is 24.2 Å². The van der Waals surface area contributed by atoms with Crippen LogP contribution in [0.3, 0.4) is 0 Å². The maximum Gasteiger partial charge on any atom is 0.259 e. The summed E-state index contributed by atoms with van der Waals surface area (Å²) in [6.07, 6.45) is 0. The molecule has 0 radical (unpaired) electrons. The fourth-order valence-electron chi connectivity index (χ4n) is 4.22. The first-order valence-electron chi connectivity index (χ1n) is 10.6. The second kappa shape index (κ2) is 9.94. The third-order valence-corrected chi connectivity index (χ3v) is 7.08. The molecule has 0 aromatic heterocycles. The zero-order valence-electron chi connectivity index (χ0n) is 17.6. The summed E-state index contributed by atoms with van der Waals surface area (Å²) in [4.78, 5) is 22.1. The molecule has 2 heterocycles. The molecule has 1 amide bonds. The van der Waals surface area contributed by atoms with Crippen LogP contribution in [-0.2, 0) is 0 Å². The van der Waals surface area contributed by atoms with E-state index in [9.17, 15) is 9.18 Å². The fourth-order valence-corrected chi connectivity index (χ4v) is 5.30. The number of para-hydroxylation sites is 1. The van der Waals surface area contributed by atoms with Gasteiger partial charge in [-0.15, -0.1) is 12.4 Å². The summed E-state index contributed by atoms with van der Waals surface area (Å²) in [6, 6.07) is 22.7. The first-order chi connectivity index (χ1) is 15.2. The number of piperazine rings is 1. The van der Waals surface area contributed by atoms with Crippen molar-refractivity contribution in [1.82, 2.24) is 4.90 Å². The Bertz CT molecular complexity index is 1090. The van der Waals surface area contributed by atoms with E-state index in [2.05, 4.69) is 15.9 Å². The minimum Gasteiger partial charge on any atom is -0.369 e. The Balaban J connectivity index is 0.00000245. The lowest BCUT2D eigenvalue weighted by Gasteiger charge is -2.37. The van der Waals surface area contributed by atoms with Crippen molar-refractivity contribution < 1.29 is 9.18 Å². The van der Waals surface area contributed by atoms with Crippen LogP contribution < -0.4 is 9.80 Å². The number of nitrogens with zero attached hydrogens (tertiary/aromatic N) is 3. The molecule has 7 heteroatoms. The second-order valence-electron chi connectivity index (χ2n) is 7.83. The van der Waals surface area contributed by atoms with Gasteiger partial charge in [0.2, 0.25) is 0 Å². The first kappa shape index (κ1) is 22.6. The number of amides is 1. The van der Waals surface area contributed by atoms with E-state index in [1.807, 2.05) is 59.5 Å². The Kier molecular flexibility index (Phi) is 7.04. The maximum atomic E-state index is 13.4. The van der Waals surface area contributed by atoms with Gasteiger partial charge in [0.05, 0.1) is 11.3 Å². The van der Waals surface area contributed by atoms with Crippen LogP contribution in [0.4, 0.5) is 15.8 Å². The van der Waals surface area contributed by atoms with Crippen LogP contribution in [0, 0.1) is 5.82 Å². The molecular weight excluding hydrogens is 445 g/mol. The average Bonchev–Trinajstić information content (AvgIpc) is 2.93. The van der Waals surface area contributed by atoms with Crippen molar-refractivity contribution in [3.8, 4) is 0 Å². The molecule has 0 bridgehead atoms. The SMILES string of the molecule is Cl.O=C1c2ccccc2Sc2ccccc2N1CCN1CCN(c2ccc(F)cc2)CC1. The highest BCUT2D eigenvalue weighted by Gasteiger charge is 2.27. The highest BCUT2D eigenvalue weighted by atomic mass is 35.5. The lowest BCUT2D eigenvalue weighted by Crippen LogP contribution is -2.49. The van der Waals surface area contributed by atoms with Crippen LogP contribution in [0.2, 0.25) is 0 Å². The monoisotopic (exact) mass is 469 g/mol. The number of rotatable bonds is 4. The number of anilines is 2. The van der Waals surface area contributed by atoms with Gasteiger partial charge in [-0.25, -0.2) is 4.39 Å². The average molecular weight is 470 g/mol. The minimum atomic E-state index is -0.204. The van der Waals surface area contributed by atoms with Crippen molar-refractivity contribution in [3.63, 3.8) is 0 Å². The summed E-state index contributed by atoms with van der Waals surface area (Å²) < 4.78 is 13.2. The molecule has 1 saturated heterocycles. The van der Waals surface area contributed by atoms with Gasteiger partial charge in [0, 0.05) is 54.7 Å². The summed E-state index contributed by atoms with van der Waals surface area (Å²) in [5.74, 6) is -0.137. The summed E-state index contributed by atoms with van der Waals surface area (Å²) in [6.45, 7) is 5.12. The van der Waals surface area contributed by atoms with E-state index in [0.29, 0.717) is 6.54 Å². The molecular formula is C25H25ClFN3OS. The van der Waals surface area contributed by atoms with E-state index < -0.39 is 0 Å². The third-order valence-electron chi connectivity index (χ3n) is 5.94. The number of carbonyl (C=O) groups is 1. The third kappa shape index (κ3) is 4.63. The van der Waals surface area contributed by atoms with Gasteiger partial charge >= 0.3 is 0 Å². The molecule has 3 aromatic carbocycles. The molecule has 2 aliphatic rings. The topological polar surface area (TPSA) is 26.8 Å². The zero-order chi connectivity index (χ0) is 21.2. The van der Waals surface area contributed by atoms with E-state index >= 15 is 0 Å². The van der Waals surface area contributed by atoms with Gasteiger partial charge in [0.15, 0.2) is 0 Å². The van der Waals surface area contributed by atoms with Crippen molar-refractivity contribution in [2.75, 3.05) is 49.1 Å². The first-order valence-corrected chi connectivity index (χ1v) is 11.4. The van der Waals surface area contributed by atoms with E-state index in [1.54, 1.807) is 11.8 Å². The number of hydrogen-bond acceptors (Lipinski definition) is 4. The molecule has 0 atom stereocenters. The largest absolute Gasteiger partial charge is 0.369 e. The summed E-state index contributed by atoms with van der Waals surface area (Å²) in [5, 5.41) is 0. The predicted octanol–water partition coefficient (Wildman–Crippen LogP) is 5.18. The van der Waals surface area contributed by atoms with E-state index in [0.717, 1.165) is 59.5 Å². The van der Waals surface area contributed by atoms with Crippen LogP contribution in [-0.4, -0.2) is 50.1 Å². The van der Waals surface area contributed by atoms with Gasteiger partial charge < -0.3 is 9.80 Å². The quantitative estimate of drug-likeness (QED) is 0.526. The molecule has 0 unspecified atom stereocenters. The molecule has 1 fully saturated rings. The summed E-state index contributed by atoms with van der Waals surface area (Å²) in [5.41, 5.74) is 2.81. The lowest BCUT2D eigenvalue weighted by molar-refractivity contribution is 0.0980. The Hall–Kier alpha value is -2.54. The molecule has 2 aliphatic heterocycles. The number of carbonyl (C=O) groups excluding carboxylic acids is 1. The van der Waals surface area contributed by atoms with Crippen molar-refractivity contribution in [2.24, 2.45) is 0 Å². The van der Waals surface area contributed by atoms with Crippen molar-refractivity contribution >= 4 is 41.5 Å². The van der Waals surface area contributed by atoms with Crippen molar-refractivity contribution in [2.45, 2.75) is 9.79 Å². The second-order valence-corrected chi connectivity index (χ2v) is 8.91. The maximum absolute atomic E-state index is 13.4. The van der Waals surface area contributed by atoms with E-state index in [1.165, 1.54) is 12.1 Å². The van der Waals surface area contributed by atoms with Crippen molar-refractivity contribution in [1.29, 1.82) is 0 Å². The van der Waals surface area contributed by atoms with Gasteiger partial charge in [0.25, 0.3) is 5.91 Å². The van der Waals surface area contributed by atoms with Gasteiger partial charge in [-0.1, -0.05) is 36.0 Å². The molecule has 0 aliphatic carbocycles. The summed E-state index contributed by atoms with van der Waals surface area (Å²) >= 11 is 1.66. The number of benzene rings is 3. The van der Waals surface area contributed by atoms with Crippen molar-refractivity contribution in [3.05, 3.63) is 84.2 Å². The van der Waals surface area contributed by atoms with E-state index in [-0.39, 0.29) is 24.1 Å². The number of fused-ring (bicyclic) bond motifs is 2. The van der Waals surface area contributed by atoms with Gasteiger partial charge in [0.1, 0.15) is 5.82 Å². The molecule has 4 nitrogen and oxygen atoms in total. The Morgan fingerprint density at radius 1 is 0.781 bits per heavy atom. The highest BCUT2D eigenvalue weighted by Crippen LogP contribution is 2.40. The minimum absolute atomic E-state index is 0. The number of hydrogen-bond donors (Lipinski definition) is 0. The normalized spacial score (nSPS) is 16.1. The van der Waals surface area contributed by atoms with Crippen LogP contribution in [0.1, 0.15) is 10.4 Å². The zero-order valence-corrected chi connectivity index (χ0v) is 19.2. The van der Waals surface area contributed by atoms with Gasteiger partial charge in [-0.3, -0.25) is 9.69 Å². The van der Waals surface area contributed by atoms with Gasteiger partial charge in [-0.2, -0.15) is 0 Å². The summed E-state index contributed by atoms with van der Waals surface area (Å²) in [7, 11) is 0. The standard InChI is InChI=1S/C25H24FN3OS.ClH/c26-19-9-11-20(12-10-19)28-16-13-27(14-17-28)15-18-29-22-6-2-4-8-24(22)31-23-7-3-1-5-21(23)25(29)30;/h1-12H,13-18H2;1H. The van der Waals surface area contributed by atoms with E-state index in [4.69, 9.17) is 0 Å². The molecule has 0 spiro atoms. The fraction of sp³-hybridized carbons (Fsp3) is 0.240. The van der Waals surface area contributed by atoms with Crippen LogP contribution in [0.5, 0.6) is 0 Å². The molecule has 3 aromatic rings. The molecule has 0 saturated carbocycles. The molecule has 166 valence electrons. The van der Waals surface area contributed by atoms with Gasteiger partial charge in [-0.05, 0) is 48.5 Å². The lowest BCUT2D eigenvalue weighted by atomic mass is 10.1. The Morgan fingerprint density at radius 2 is 1.44 bits per heavy atom. The predicted molar refractivity (Wildman–Crippen MR) is 131 cm³/mol. The Morgan fingerprint density at radius 3 is 2.19 bits per heavy atom. The smallest absolute Gasteiger partial charge is 0.259 e. The number of halogens is 2. The highest BCUT2D eigenvalue weighted by molar-refractivity contribution is 7.99. The molecule has 0 N–H and O–H groups in total. The molecule has 32 heavy (non-hydrogen) atoms. The van der Waals surface area contributed by atoms with Crippen LogP contribution in [0.15, 0.2) is 82.6 Å².